The molecule has 1 aliphatic rings. The van der Waals surface area contributed by atoms with Crippen molar-refractivity contribution in [2.45, 2.75) is 0 Å². The van der Waals surface area contributed by atoms with Crippen LogP contribution in [0.15, 0.2) is 84.4 Å². The highest BCUT2D eigenvalue weighted by atomic mass is 19.1. The van der Waals surface area contributed by atoms with Crippen molar-refractivity contribution < 1.29 is 28.3 Å². The fourth-order valence-corrected chi connectivity index (χ4v) is 3.25. The molecule has 9 heteroatoms. The Morgan fingerprint density at radius 3 is 2.38 bits per heavy atom. The Labute approximate surface area is 193 Å². The van der Waals surface area contributed by atoms with E-state index in [1.54, 1.807) is 60.7 Å². The Balaban J connectivity index is 1.54. The number of barbiturate groups is 1. The van der Waals surface area contributed by atoms with Gasteiger partial charge in [0, 0.05) is 5.56 Å². The molecule has 0 unspecified atom stereocenters. The van der Waals surface area contributed by atoms with Gasteiger partial charge in [-0.25, -0.2) is 14.1 Å². The lowest BCUT2D eigenvalue weighted by molar-refractivity contribution is -0.122. The van der Waals surface area contributed by atoms with E-state index in [0.29, 0.717) is 11.3 Å². The summed E-state index contributed by atoms with van der Waals surface area (Å²) < 4.78 is 19.3. The Morgan fingerprint density at radius 2 is 1.62 bits per heavy atom. The summed E-state index contributed by atoms with van der Waals surface area (Å²) in [6, 6.07) is 19.5. The third kappa shape index (κ3) is 4.83. The maximum absolute atomic E-state index is 13.7. The van der Waals surface area contributed by atoms with E-state index in [-0.39, 0.29) is 17.0 Å². The van der Waals surface area contributed by atoms with Crippen LogP contribution in [-0.2, 0) is 14.4 Å². The molecule has 0 saturated carbocycles. The first-order valence-electron chi connectivity index (χ1n) is 10.2. The van der Waals surface area contributed by atoms with Crippen LogP contribution in [-0.4, -0.2) is 30.4 Å². The largest absolute Gasteiger partial charge is 0.483 e. The van der Waals surface area contributed by atoms with Gasteiger partial charge in [0.15, 0.2) is 6.61 Å². The highest BCUT2D eigenvalue weighted by molar-refractivity contribution is 6.39. The third-order valence-corrected chi connectivity index (χ3v) is 4.84. The number of carbonyl (C=O) groups is 4. The molecule has 0 atom stereocenters. The number of nitrogens with zero attached hydrogens (tertiary/aromatic N) is 1. The molecule has 8 nitrogen and oxygen atoms in total. The molecule has 34 heavy (non-hydrogen) atoms. The fraction of sp³-hybridized carbons (Fsp3) is 0.0400. The Morgan fingerprint density at radius 1 is 0.941 bits per heavy atom. The van der Waals surface area contributed by atoms with E-state index in [9.17, 15) is 23.6 Å². The normalized spacial score (nSPS) is 14.7. The van der Waals surface area contributed by atoms with Gasteiger partial charge in [-0.3, -0.25) is 19.7 Å². The monoisotopic (exact) mass is 459 g/mol. The maximum atomic E-state index is 13.7. The summed E-state index contributed by atoms with van der Waals surface area (Å²) in [6.07, 6.45) is 1.28. The molecule has 1 heterocycles. The van der Waals surface area contributed by atoms with Crippen LogP contribution in [0.1, 0.15) is 5.56 Å². The standard InChI is InChI=1S/C25H18FN3O5/c26-19-11-5-6-12-20(19)27-22(30)15-34-21-13-7-4-8-16(21)14-18-23(31)28-25(33)29(24(18)32)17-9-2-1-3-10-17/h1-14H,15H2,(H,27,30)(H,28,31,33). The van der Waals surface area contributed by atoms with Gasteiger partial charge in [0.05, 0.1) is 11.4 Å². The summed E-state index contributed by atoms with van der Waals surface area (Å²) in [4.78, 5) is 50.8. The third-order valence-electron chi connectivity index (χ3n) is 4.84. The average Bonchev–Trinajstić information content (AvgIpc) is 2.83. The van der Waals surface area contributed by atoms with Crippen LogP contribution in [0.25, 0.3) is 6.08 Å². The smallest absolute Gasteiger partial charge is 0.335 e. The molecule has 1 aliphatic heterocycles. The number of nitrogens with one attached hydrogen (secondary N) is 2. The minimum atomic E-state index is -0.854. The number of hydrogen-bond acceptors (Lipinski definition) is 5. The van der Waals surface area contributed by atoms with Crippen molar-refractivity contribution in [3.63, 3.8) is 0 Å². The first kappa shape index (κ1) is 22.4. The molecule has 0 aromatic heterocycles. The van der Waals surface area contributed by atoms with Gasteiger partial charge in [-0.15, -0.1) is 0 Å². The molecule has 2 N–H and O–H groups in total. The zero-order chi connectivity index (χ0) is 24.1. The second kappa shape index (κ2) is 9.78. The minimum absolute atomic E-state index is 0.0154. The van der Waals surface area contributed by atoms with Crippen molar-refractivity contribution >= 4 is 41.2 Å². The molecule has 0 aliphatic carbocycles. The number of halogens is 1. The summed E-state index contributed by atoms with van der Waals surface area (Å²) in [7, 11) is 0. The molecular weight excluding hydrogens is 441 g/mol. The Bertz CT molecular complexity index is 1310. The molecule has 3 aromatic carbocycles. The predicted octanol–water partition coefficient (Wildman–Crippen LogP) is 3.51. The van der Waals surface area contributed by atoms with Crippen LogP contribution in [0.2, 0.25) is 0 Å². The van der Waals surface area contributed by atoms with Crippen molar-refractivity contribution in [1.82, 2.24) is 5.32 Å². The zero-order valence-electron chi connectivity index (χ0n) is 17.7. The molecule has 4 rings (SSSR count). The lowest BCUT2D eigenvalue weighted by Gasteiger charge is -2.26. The van der Waals surface area contributed by atoms with Gasteiger partial charge in [0.25, 0.3) is 17.7 Å². The SMILES string of the molecule is O=C(COc1ccccc1C=C1C(=O)NC(=O)N(c2ccccc2)C1=O)Nc1ccccc1F. The molecule has 0 bridgehead atoms. The van der Waals surface area contributed by atoms with E-state index in [1.807, 2.05) is 0 Å². The molecule has 5 amide bonds. The lowest BCUT2D eigenvalue weighted by Crippen LogP contribution is -2.54. The highest BCUT2D eigenvalue weighted by Crippen LogP contribution is 2.25. The van der Waals surface area contributed by atoms with Crippen molar-refractivity contribution in [3.05, 3.63) is 95.8 Å². The van der Waals surface area contributed by atoms with Crippen molar-refractivity contribution in [1.29, 1.82) is 0 Å². The Hall–Kier alpha value is -4.79. The second-order valence-electron chi connectivity index (χ2n) is 7.15. The number of amides is 5. The summed E-state index contributed by atoms with van der Waals surface area (Å²) in [6.45, 7) is -0.441. The summed E-state index contributed by atoms with van der Waals surface area (Å²) >= 11 is 0. The molecular formula is C25H18FN3O5. The van der Waals surface area contributed by atoms with Crippen molar-refractivity contribution in [2.24, 2.45) is 0 Å². The molecule has 0 spiro atoms. The second-order valence-corrected chi connectivity index (χ2v) is 7.15. The van der Waals surface area contributed by atoms with Crippen LogP contribution in [0.5, 0.6) is 5.75 Å². The van der Waals surface area contributed by atoms with E-state index in [4.69, 9.17) is 4.74 Å². The number of urea groups is 1. The summed E-state index contributed by atoms with van der Waals surface area (Å²) in [5.41, 5.74) is 0.372. The van der Waals surface area contributed by atoms with Crippen LogP contribution in [0.3, 0.4) is 0 Å². The molecule has 170 valence electrons. The van der Waals surface area contributed by atoms with Gasteiger partial charge in [0.1, 0.15) is 17.1 Å². The number of anilines is 2. The molecule has 3 aromatic rings. The van der Waals surface area contributed by atoms with E-state index in [2.05, 4.69) is 10.6 Å². The van der Waals surface area contributed by atoms with Gasteiger partial charge in [0.2, 0.25) is 0 Å². The van der Waals surface area contributed by atoms with Crippen LogP contribution in [0, 0.1) is 5.82 Å². The quantitative estimate of drug-likeness (QED) is 0.434. The molecule has 0 radical (unpaired) electrons. The number of rotatable bonds is 6. The summed E-state index contributed by atoms with van der Waals surface area (Å²) in [5.74, 6) is -2.62. The van der Waals surface area contributed by atoms with E-state index >= 15 is 0 Å². The average molecular weight is 459 g/mol. The van der Waals surface area contributed by atoms with E-state index < -0.39 is 36.2 Å². The summed E-state index contributed by atoms with van der Waals surface area (Å²) in [5, 5.41) is 4.56. The fourth-order valence-electron chi connectivity index (χ4n) is 3.25. The number of imide groups is 2. The van der Waals surface area contributed by atoms with Crippen molar-refractivity contribution in [3.8, 4) is 5.75 Å². The van der Waals surface area contributed by atoms with E-state index in [0.717, 1.165) is 4.90 Å². The number of benzene rings is 3. The van der Waals surface area contributed by atoms with E-state index in [1.165, 1.54) is 24.3 Å². The predicted molar refractivity (Wildman–Crippen MR) is 122 cm³/mol. The first-order valence-corrected chi connectivity index (χ1v) is 10.2. The van der Waals surface area contributed by atoms with Crippen LogP contribution >= 0.6 is 0 Å². The van der Waals surface area contributed by atoms with Gasteiger partial charge in [-0.1, -0.05) is 48.5 Å². The van der Waals surface area contributed by atoms with Gasteiger partial charge < -0.3 is 10.1 Å². The Kier molecular flexibility index (Phi) is 6.45. The number of ether oxygens (including phenoxy) is 1. The van der Waals surface area contributed by atoms with Crippen molar-refractivity contribution in [2.75, 3.05) is 16.8 Å². The molecule has 1 fully saturated rings. The zero-order valence-corrected chi connectivity index (χ0v) is 17.7. The number of carbonyl (C=O) groups excluding carboxylic acids is 4. The number of hydrogen-bond donors (Lipinski definition) is 2. The number of para-hydroxylation sites is 3. The first-order chi connectivity index (χ1) is 16.4. The van der Waals surface area contributed by atoms with Gasteiger partial charge in [-0.05, 0) is 36.4 Å². The topological polar surface area (TPSA) is 105 Å². The maximum Gasteiger partial charge on any atom is 0.335 e. The minimum Gasteiger partial charge on any atom is -0.483 e. The highest BCUT2D eigenvalue weighted by Gasteiger charge is 2.36. The van der Waals surface area contributed by atoms with Gasteiger partial charge >= 0.3 is 6.03 Å². The molecule has 1 saturated heterocycles. The van der Waals surface area contributed by atoms with Crippen LogP contribution < -0.4 is 20.3 Å². The van der Waals surface area contributed by atoms with Crippen LogP contribution in [0.4, 0.5) is 20.6 Å². The van der Waals surface area contributed by atoms with Gasteiger partial charge in [-0.2, -0.15) is 0 Å². The lowest BCUT2D eigenvalue weighted by atomic mass is 10.1.